The summed E-state index contributed by atoms with van der Waals surface area (Å²) in [4.78, 5) is 4.24. The van der Waals surface area contributed by atoms with Gasteiger partial charge in [-0.15, -0.1) is 6.58 Å². The Bertz CT molecular complexity index is 81.3. The molecule has 0 aromatic rings. The van der Waals surface area contributed by atoms with Crippen LogP contribution < -0.4 is 0 Å². The van der Waals surface area contributed by atoms with E-state index in [-0.39, 0.29) is 6.10 Å². The lowest BCUT2D eigenvalue weighted by Gasteiger charge is -2.09. The molecule has 0 aliphatic rings. The van der Waals surface area contributed by atoms with E-state index in [0.29, 0.717) is 0 Å². The Labute approximate surface area is 62.4 Å². The monoisotopic (exact) mass is 144 g/mol. The van der Waals surface area contributed by atoms with E-state index in [1.54, 1.807) is 0 Å². The second-order valence-corrected chi connectivity index (χ2v) is 2.38. The van der Waals surface area contributed by atoms with E-state index in [2.05, 4.69) is 18.4 Å². The fourth-order valence-corrected chi connectivity index (χ4v) is 0.875. The van der Waals surface area contributed by atoms with E-state index < -0.39 is 0 Å². The molecule has 0 saturated carbocycles. The molecular weight excluding hydrogens is 128 g/mol. The third kappa shape index (κ3) is 4.53. The van der Waals surface area contributed by atoms with Crippen LogP contribution >= 0.6 is 0 Å². The normalized spacial score (nSPS) is 13.0. The molecule has 0 rings (SSSR count). The topological polar surface area (TPSA) is 29.5 Å². The van der Waals surface area contributed by atoms with Gasteiger partial charge in [-0.05, 0) is 19.3 Å². The Hall–Kier alpha value is -0.340. The molecule has 0 aromatic carbocycles. The molecule has 10 heavy (non-hydrogen) atoms. The smallest absolute Gasteiger partial charge is 0.0930 e. The highest BCUT2D eigenvalue weighted by atomic mass is 17.1. The molecule has 0 aliphatic heterocycles. The van der Waals surface area contributed by atoms with Gasteiger partial charge in [-0.25, -0.2) is 4.89 Å². The van der Waals surface area contributed by atoms with Crippen molar-refractivity contribution in [1.29, 1.82) is 0 Å². The summed E-state index contributed by atoms with van der Waals surface area (Å²) in [6.45, 7) is 5.66. The van der Waals surface area contributed by atoms with E-state index >= 15 is 0 Å². The summed E-state index contributed by atoms with van der Waals surface area (Å²) < 4.78 is 0. The fraction of sp³-hybridized carbons (Fsp3) is 0.750. The van der Waals surface area contributed by atoms with Crippen molar-refractivity contribution in [2.45, 2.75) is 38.7 Å². The van der Waals surface area contributed by atoms with Crippen LogP contribution in [0.3, 0.4) is 0 Å². The van der Waals surface area contributed by atoms with E-state index in [1.807, 2.05) is 6.08 Å². The number of hydrogen-bond acceptors (Lipinski definition) is 2. The first kappa shape index (κ1) is 9.66. The van der Waals surface area contributed by atoms with Gasteiger partial charge < -0.3 is 0 Å². The molecule has 2 heteroatoms. The Morgan fingerprint density at radius 2 is 2.30 bits per heavy atom. The number of allylic oxidation sites excluding steroid dienone is 1. The molecule has 0 saturated heterocycles. The summed E-state index contributed by atoms with van der Waals surface area (Å²) >= 11 is 0. The molecule has 0 spiro atoms. The highest BCUT2D eigenvalue weighted by Gasteiger charge is 2.04. The van der Waals surface area contributed by atoms with Crippen LogP contribution in [0.5, 0.6) is 0 Å². The van der Waals surface area contributed by atoms with Gasteiger partial charge in [0.25, 0.3) is 0 Å². The Morgan fingerprint density at radius 1 is 1.60 bits per heavy atom. The van der Waals surface area contributed by atoms with E-state index in [1.165, 1.54) is 0 Å². The van der Waals surface area contributed by atoms with Crippen LogP contribution in [0.15, 0.2) is 12.7 Å². The summed E-state index contributed by atoms with van der Waals surface area (Å²) in [5.41, 5.74) is 0. The van der Waals surface area contributed by atoms with Crippen LogP contribution in [0.1, 0.15) is 32.6 Å². The first-order valence-electron chi connectivity index (χ1n) is 3.76. The molecule has 0 amide bonds. The SMILES string of the molecule is C=CCCC(CCC)OO. The predicted octanol–water partition coefficient (Wildman–Crippen LogP) is 2.61. The summed E-state index contributed by atoms with van der Waals surface area (Å²) in [6.07, 6.45) is 5.58. The molecule has 1 unspecified atom stereocenters. The maximum Gasteiger partial charge on any atom is 0.0930 e. The third-order valence-electron chi connectivity index (χ3n) is 1.45. The van der Waals surface area contributed by atoms with Gasteiger partial charge in [-0.3, -0.25) is 5.26 Å². The lowest BCUT2D eigenvalue weighted by atomic mass is 10.1. The highest BCUT2D eigenvalue weighted by Crippen LogP contribution is 2.07. The molecule has 0 heterocycles. The average Bonchev–Trinajstić information content (AvgIpc) is 1.98. The molecule has 0 radical (unpaired) electrons. The van der Waals surface area contributed by atoms with Gasteiger partial charge in [0.2, 0.25) is 0 Å². The maximum atomic E-state index is 8.35. The van der Waals surface area contributed by atoms with Crippen LogP contribution in [0.4, 0.5) is 0 Å². The summed E-state index contributed by atoms with van der Waals surface area (Å²) in [7, 11) is 0. The molecule has 1 N–H and O–H groups in total. The zero-order chi connectivity index (χ0) is 7.82. The number of rotatable bonds is 6. The van der Waals surface area contributed by atoms with Crippen LogP contribution in [-0.4, -0.2) is 11.4 Å². The fourth-order valence-electron chi connectivity index (χ4n) is 0.875. The maximum absolute atomic E-state index is 8.35. The van der Waals surface area contributed by atoms with Gasteiger partial charge in [-0.2, -0.15) is 0 Å². The Morgan fingerprint density at radius 3 is 2.70 bits per heavy atom. The minimum atomic E-state index is 0.00278. The van der Waals surface area contributed by atoms with Gasteiger partial charge in [0.1, 0.15) is 0 Å². The minimum absolute atomic E-state index is 0.00278. The molecule has 0 bridgehead atoms. The second kappa shape index (κ2) is 6.78. The van der Waals surface area contributed by atoms with Crippen LogP contribution in [0, 0.1) is 0 Å². The van der Waals surface area contributed by atoms with E-state index in [9.17, 15) is 0 Å². The Kier molecular flexibility index (Phi) is 6.55. The van der Waals surface area contributed by atoms with Crippen molar-refractivity contribution in [3.05, 3.63) is 12.7 Å². The van der Waals surface area contributed by atoms with E-state index in [4.69, 9.17) is 5.26 Å². The molecule has 1 atom stereocenters. The molecule has 60 valence electrons. The zero-order valence-corrected chi connectivity index (χ0v) is 6.55. The molecule has 0 aromatic heterocycles. The van der Waals surface area contributed by atoms with Crippen molar-refractivity contribution in [3.63, 3.8) is 0 Å². The summed E-state index contributed by atoms with van der Waals surface area (Å²) in [5.74, 6) is 0. The predicted molar refractivity (Wildman–Crippen MR) is 41.8 cm³/mol. The minimum Gasteiger partial charge on any atom is -0.252 e. The highest BCUT2D eigenvalue weighted by molar-refractivity contribution is 4.69. The van der Waals surface area contributed by atoms with Gasteiger partial charge in [0.15, 0.2) is 0 Å². The number of hydrogen-bond donors (Lipinski definition) is 1. The molecule has 2 nitrogen and oxygen atoms in total. The quantitative estimate of drug-likeness (QED) is 0.353. The third-order valence-corrected chi connectivity index (χ3v) is 1.45. The van der Waals surface area contributed by atoms with Crippen molar-refractivity contribution < 1.29 is 10.1 Å². The molecular formula is C8H16O2. The first-order chi connectivity index (χ1) is 4.85. The largest absolute Gasteiger partial charge is 0.252 e. The van der Waals surface area contributed by atoms with Crippen molar-refractivity contribution in [1.82, 2.24) is 0 Å². The van der Waals surface area contributed by atoms with Crippen molar-refractivity contribution in [2.75, 3.05) is 0 Å². The lowest BCUT2D eigenvalue weighted by molar-refractivity contribution is -0.280. The average molecular weight is 144 g/mol. The lowest BCUT2D eigenvalue weighted by Crippen LogP contribution is -2.09. The van der Waals surface area contributed by atoms with Gasteiger partial charge in [-0.1, -0.05) is 19.4 Å². The Balaban J connectivity index is 3.29. The van der Waals surface area contributed by atoms with Crippen molar-refractivity contribution in [2.24, 2.45) is 0 Å². The van der Waals surface area contributed by atoms with Crippen LogP contribution in [0.25, 0.3) is 0 Å². The molecule has 0 fully saturated rings. The van der Waals surface area contributed by atoms with Crippen molar-refractivity contribution in [3.8, 4) is 0 Å². The van der Waals surface area contributed by atoms with Gasteiger partial charge in [0.05, 0.1) is 6.10 Å². The standard InChI is InChI=1S/C8H16O2/c1-3-5-7-8(10-9)6-4-2/h3,8-9H,1,4-7H2,2H3. The zero-order valence-electron chi connectivity index (χ0n) is 6.55. The molecule has 0 aliphatic carbocycles. The van der Waals surface area contributed by atoms with Crippen LogP contribution in [0.2, 0.25) is 0 Å². The van der Waals surface area contributed by atoms with Gasteiger partial charge in [0, 0.05) is 0 Å². The second-order valence-electron chi connectivity index (χ2n) is 2.38. The van der Waals surface area contributed by atoms with E-state index in [0.717, 1.165) is 25.7 Å². The first-order valence-corrected chi connectivity index (χ1v) is 3.76. The van der Waals surface area contributed by atoms with Gasteiger partial charge >= 0.3 is 0 Å². The summed E-state index contributed by atoms with van der Waals surface area (Å²) in [5, 5.41) is 8.35. The van der Waals surface area contributed by atoms with Crippen LogP contribution in [-0.2, 0) is 4.89 Å². The van der Waals surface area contributed by atoms with Crippen molar-refractivity contribution >= 4 is 0 Å². The summed E-state index contributed by atoms with van der Waals surface area (Å²) in [6, 6.07) is 0.